The Hall–Kier alpha value is -3.36. The van der Waals surface area contributed by atoms with E-state index in [1.807, 2.05) is 6.92 Å². The van der Waals surface area contributed by atoms with Gasteiger partial charge in [0.15, 0.2) is 22.1 Å². The molecular formula is C23H17ClN2O5S. The fourth-order valence-electron chi connectivity index (χ4n) is 4.05. The number of ether oxygens (including phenoxy) is 2. The van der Waals surface area contributed by atoms with E-state index in [9.17, 15) is 9.59 Å². The number of methoxy groups -OCH3 is 2. The number of para-hydroxylation sites is 1. The molecule has 3 heterocycles. The highest BCUT2D eigenvalue weighted by atomic mass is 35.5. The highest BCUT2D eigenvalue weighted by Crippen LogP contribution is 2.46. The summed E-state index contributed by atoms with van der Waals surface area (Å²) in [6.45, 7) is 1.81. The van der Waals surface area contributed by atoms with Crippen molar-refractivity contribution < 1.29 is 18.7 Å². The molecule has 2 aromatic carbocycles. The van der Waals surface area contributed by atoms with Gasteiger partial charge in [0.25, 0.3) is 5.91 Å². The Bertz CT molecular complexity index is 1430. The van der Waals surface area contributed by atoms with Crippen LogP contribution in [0.2, 0.25) is 5.02 Å². The molecule has 1 atom stereocenters. The average Bonchev–Trinajstić information content (AvgIpc) is 3.41. The van der Waals surface area contributed by atoms with Gasteiger partial charge in [0.1, 0.15) is 11.6 Å². The zero-order chi connectivity index (χ0) is 22.6. The minimum Gasteiger partial charge on any atom is -0.493 e. The average molecular weight is 469 g/mol. The quantitative estimate of drug-likeness (QED) is 0.420. The molecule has 0 bridgehead atoms. The van der Waals surface area contributed by atoms with Crippen molar-refractivity contribution in [2.75, 3.05) is 19.1 Å². The van der Waals surface area contributed by atoms with E-state index in [1.165, 1.54) is 30.5 Å². The third kappa shape index (κ3) is 2.91. The van der Waals surface area contributed by atoms with Gasteiger partial charge in [0.05, 0.1) is 25.2 Å². The summed E-state index contributed by atoms with van der Waals surface area (Å²) in [5.41, 5.74) is 1.52. The van der Waals surface area contributed by atoms with Crippen LogP contribution in [0.1, 0.15) is 33.3 Å². The first-order chi connectivity index (χ1) is 15.5. The Morgan fingerprint density at radius 3 is 2.69 bits per heavy atom. The van der Waals surface area contributed by atoms with Gasteiger partial charge in [0, 0.05) is 22.2 Å². The number of aromatic nitrogens is 1. The minimum atomic E-state index is -0.811. The monoisotopic (exact) mass is 468 g/mol. The number of hydrogen-bond donors (Lipinski definition) is 0. The summed E-state index contributed by atoms with van der Waals surface area (Å²) >= 11 is 7.58. The molecule has 32 heavy (non-hydrogen) atoms. The predicted molar refractivity (Wildman–Crippen MR) is 123 cm³/mol. The van der Waals surface area contributed by atoms with Crippen LogP contribution in [0.5, 0.6) is 11.5 Å². The van der Waals surface area contributed by atoms with Crippen molar-refractivity contribution in [3.8, 4) is 11.5 Å². The zero-order valence-corrected chi connectivity index (χ0v) is 18.9. The van der Waals surface area contributed by atoms with Crippen molar-refractivity contribution in [3.05, 3.63) is 79.6 Å². The number of benzene rings is 2. The molecule has 0 fully saturated rings. The fraction of sp³-hybridized carbons (Fsp3) is 0.174. The van der Waals surface area contributed by atoms with E-state index in [0.29, 0.717) is 38.2 Å². The fourth-order valence-corrected chi connectivity index (χ4v) is 4.88. The number of carbonyl (C=O) groups excluding carboxylic acids is 1. The molecule has 0 N–H and O–H groups in total. The molecule has 1 amide bonds. The molecule has 0 saturated carbocycles. The second kappa shape index (κ2) is 7.65. The molecule has 4 aromatic rings. The van der Waals surface area contributed by atoms with Crippen LogP contribution in [0.3, 0.4) is 0 Å². The Kier molecular flexibility index (Phi) is 4.91. The second-order valence-corrected chi connectivity index (χ2v) is 8.53. The first kappa shape index (κ1) is 20.5. The SMILES string of the molecule is COc1cccc(C2c3c(oc4cc(C)c(Cl)cc4c3=O)C(=O)N2c2nccs2)c1OC. The third-order valence-electron chi connectivity index (χ3n) is 5.50. The van der Waals surface area contributed by atoms with E-state index in [1.54, 1.807) is 41.9 Å². The maximum Gasteiger partial charge on any atom is 0.297 e. The largest absolute Gasteiger partial charge is 0.493 e. The summed E-state index contributed by atoms with van der Waals surface area (Å²) in [4.78, 5) is 33.0. The van der Waals surface area contributed by atoms with Gasteiger partial charge in [-0.15, -0.1) is 11.3 Å². The van der Waals surface area contributed by atoms with Crippen LogP contribution in [0, 0.1) is 6.92 Å². The van der Waals surface area contributed by atoms with Crippen molar-refractivity contribution in [2.45, 2.75) is 13.0 Å². The molecule has 162 valence electrons. The molecule has 0 aliphatic carbocycles. The second-order valence-electron chi connectivity index (χ2n) is 7.25. The number of fused-ring (bicyclic) bond motifs is 2. The maximum absolute atomic E-state index is 13.7. The lowest BCUT2D eigenvalue weighted by atomic mass is 9.97. The van der Waals surface area contributed by atoms with Gasteiger partial charge in [0.2, 0.25) is 5.76 Å². The number of nitrogens with zero attached hydrogens (tertiary/aromatic N) is 2. The van der Waals surface area contributed by atoms with Crippen molar-refractivity contribution in [3.63, 3.8) is 0 Å². The van der Waals surface area contributed by atoms with Crippen LogP contribution in [-0.4, -0.2) is 25.1 Å². The van der Waals surface area contributed by atoms with Crippen molar-refractivity contribution in [2.24, 2.45) is 0 Å². The molecule has 1 unspecified atom stereocenters. The van der Waals surface area contributed by atoms with Gasteiger partial charge < -0.3 is 13.9 Å². The lowest BCUT2D eigenvalue weighted by Crippen LogP contribution is -2.29. The Morgan fingerprint density at radius 1 is 1.19 bits per heavy atom. The standard InChI is InChI=1S/C23H17ClN2O5S/c1-11-9-16-13(10-14(11)24)19(27)17-18(12-5-4-6-15(29-2)20(12)30-3)26(22(28)21(17)31-16)23-25-7-8-32-23/h4-10,18H,1-3H3. The van der Waals surface area contributed by atoms with Crippen LogP contribution in [-0.2, 0) is 0 Å². The molecule has 0 radical (unpaired) electrons. The predicted octanol–water partition coefficient (Wildman–Crippen LogP) is 4.98. The number of aryl methyl sites for hydroxylation is 1. The Balaban J connectivity index is 1.87. The highest BCUT2D eigenvalue weighted by Gasteiger charge is 2.46. The Labute approximate surface area is 191 Å². The third-order valence-corrected chi connectivity index (χ3v) is 6.68. The number of hydrogen-bond acceptors (Lipinski definition) is 7. The van der Waals surface area contributed by atoms with Gasteiger partial charge in [-0.1, -0.05) is 23.7 Å². The van der Waals surface area contributed by atoms with Crippen molar-refractivity contribution in [1.29, 1.82) is 0 Å². The van der Waals surface area contributed by atoms with Gasteiger partial charge >= 0.3 is 0 Å². The summed E-state index contributed by atoms with van der Waals surface area (Å²) in [6, 6.07) is 7.76. The summed E-state index contributed by atoms with van der Waals surface area (Å²) in [7, 11) is 3.04. The van der Waals surface area contributed by atoms with E-state index in [4.69, 9.17) is 25.5 Å². The number of rotatable bonds is 4. The summed E-state index contributed by atoms with van der Waals surface area (Å²) in [6.07, 6.45) is 1.60. The highest BCUT2D eigenvalue weighted by molar-refractivity contribution is 7.13. The molecule has 5 rings (SSSR count). The van der Waals surface area contributed by atoms with E-state index >= 15 is 0 Å². The van der Waals surface area contributed by atoms with Crippen LogP contribution in [0.15, 0.2) is 51.1 Å². The summed E-state index contributed by atoms with van der Waals surface area (Å²) in [5, 5.41) is 2.95. The summed E-state index contributed by atoms with van der Waals surface area (Å²) in [5.74, 6) is 0.434. The van der Waals surface area contributed by atoms with E-state index in [-0.39, 0.29) is 16.8 Å². The molecule has 0 spiro atoms. The minimum absolute atomic E-state index is 0.0192. The molecule has 7 nitrogen and oxygen atoms in total. The molecule has 2 aromatic heterocycles. The number of anilines is 1. The summed E-state index contributed by atoms with van der Waals surface area (Å²) < 4.78 is 17.1. The molecule has 9 heteroatoms. The topological polar surface area (TPSA) is 81.9 Å². The molecular weight excluding hydrogens is 452 g/mol. The van der Waals surface area contributed by atoms with Crippen molar-refractivity contribution >= 4 is 44.9 Å². The van der Waals surface area contributed by atoms with Gasteiger partial charge in [-0.05, 0) is 30.7 Å². The first-order valence-corrected chi connectivity index (χ1v) is 10.9. The van der Waals surface area contributed by atoms with E-state index in [0.717, 1.165) is 5.56 Å². The van der Waals surface area contributed by atoms with Crippen LogP contribution in [0.25, 0.3) is 11.0 Å². The smallest absolute Gasteiger partial charge is 0.297 e. The molecule has 1 aliphatic rings. The molecule has 0 saturated heterocycles. The zero-order valence-electron chi connectivity index (χ0n) is 17.3. The maximum atomic E-state index is 13.7. The first-order valence-electron chi connectivity index (χ1n) is 9.67. The lowest BCUT2D eigenvalue weighted by molar-refractivity contribution is 0.0970. The van der Waals surface area contributed by atoms with E-state index in [2.05, 4.69) is 4.98 Å². The van der Waals surface area contributed by atoms with Gasteiger partial charge in [-0.3, -0.25) is 14.5 Å². The molecule has 1 aliphatic heterocycles. The van der Waals surface area contributed by atoms with Crippen LogP contribution in [0.4, 0.5) is 5.13 Å². The van der Waals surface area contributed by atoms with Gasteiger partial charge in [-0.25, -0.2) is 4.98 Å². The normalized spacial score (nSPS) is 15.3. The Morgan fingerprint density at radius 2 is 2.00 bits per heavy atom. The number of amides is 1. The van der Waals surface area contributed by atoms with Crippen LogP contribution < -0.4 is 19.8 Å². The van der Waals surface area contributed by atoms with Crippen LogP contribution >= 0.6 is 22.9 Å². The van der Waals surface area contributed by atoms with E-state index < -0.39 is 11.9 Å². The van der Waals surface area contributed by atoms with Crippen molar-refractivity contribution in [1.82, 2.24) is 4.98 Å². The van der Waals surface area contributed by atoms with Gasteiger partial charge in [-0.2, -0.15) is 0 Å². The lowest BCUT2D eigenvalue weighted by Gasteiger charge is -2.24. The number of carbonyl (C=O) groups is 1. The number of halogens is 1. The number of thiazole rings is 1.